The maximum absolute atomic E-state index is 12.3. The van der Waals surface area contributed by atoms with Crippen molar-refractivity contribution in [2.75, 3.05) is 20.8 Å². The maximum atomic E-state index is 12.3. The van der Waals surface area contributed by atoms with Crippen LogP contribution < -0.4 is 0 Å². The fourth-order valence-electron chi connectivity index (χ4n) is 2.59. The van der Waals surface area contributed by atoms with Gasteiger partial charge in [-0.3, -0.25) is 0 Å². The van der Waals surface area contributed by atoms with Crippen molar-refractivity contribution >= 4 is 18.0 Å². The molecule has 0 radical (unpaired) electrons. The van der Waals surface area contributed by atoms with Crippen LogP contribution in [0.2, 0.25) is 0 Å². The molecule has 24 heavy (non-hydrogen) atoms. The van der Waals surface area contributed by atoms with E-state index in [4.69, 9.17) is 14.2 Å². The Morgan fingerprint density at radius 3 is 2.33 bits per heavy atom. The first-order valence-corrected chi connectivity index (χ1v) is 7.50. The van der Waals surface area contributed by atoms with E-state index in [2.05, 4.69) is 0 Å². The van der Waals surface area contributed by atoms with Gasteiger partial charge in [0.25, 0.3) is 0 Å². The summed E-state index contributed by atoms with van der Waals surface area (Å²) >= 11 is 0. The largest absolute Gasteiger partial charge is 0.466 e. The van der Waals surface area contributed by atoms with Crippen LogP contribution in [0.5, 0.6) is 0 Å². The van der Waals surface area contributed by atoms with E-state index in [1.165, 1.54) is 14.2 Å². The number of methoxy groups -OCH3 is 2. The fourth-order valence-corrected chi connectivity index (χ4v) is 2.59. The Morgan fingerprint density at radius 1 is 1.08 bits per heavy atom. The van der Waals surface area contributed by atoms with Gasteiger partial charge >= 0.3 is 11.9 Å². The lowest BCUT2D eigenvalue weighted by atomic mass is 9.90. The second-order valence-corrected chi connectivity index (χ2v) is 5.16. The van der Waals surface area contributed by atoms with E-state index in [1.807, 2.05) is 43.3 Å². The lowest BCUT2D eigenvalue weighted by molar-refractivity contribution is -0.139. The molecule has 0 saturated carbocycles. The van der Waals surface area contributed by atoms with Crippen LogP contribution in [0.1, 0.15) is 12.5 Å². The first kappa shape index (κ1) is 17.7. The summed E-state index contributed by atoms with van der Waals surface area (Å²) in [4.78, 5) is 24.3. The average molecular weight is 328 g/mol. The Bertz CT molecular complexity index is 700. The second kappa shape index (κ2) is 7.75. The van der Waals surface area contributed by atoms with Crippen molar-refractivity contribution in [1.29, 1.82) is 0 Å². The highest BCUT2D eigenvalue weighted by Gasteiger charge is 2.45. The minimum absolute atomic E-state index is 0.0272. The third kappa shape index (κ3) is 3.46. The summed E-state index contributed by atoms with van der Waals surface area (Å²) in [5, 5.41) is 0. The van der Waals surface area contributed by atoms with Gasteiger partial charge in [-0.25, -0.2) is 9.59 Å². The van der Waals surface area contributed by atoms with Gasteiger partial charge in [-0.05, 0) is 24.6 Å². The highest BCUT2D eigenvalue weighted by molar-refractivity contribution is 6.04. The van der Waals surface area contributed by atoms with Gasteiger partial charge in [-0.1, -0.05) is 42.5 Å². The van der Waals surface area contributed by atoms with Crippen molar-refractivity contribution in [3.05, 3.63) is 65.3 Å². The quantitative estimate of drug-likeness (QED) is 0.614. The molecule has 0 aromatic heterocycles. The number of carbonyl (C=O) groups is 2. The minimum Gasteiger partial charge on any atom is -0.466 e. The molecule has 1 heterocycles. The molecule has 0 amide bonds. The number of hydrogen-bond donors (Lipinski definition) is 0. The predicted octanol–water partition coefficient (Wildman–Crippen LogP) is 2.69. The summed E-state index contributed by atoms with van der Waals surface area (Å²) < 4.78 is 15.4. The van der Waals surface area contributed by atoms with Crippen molar-refractivity contribution in [2.24, 2.45) is 0 Å². The first-order valence-electron chi connectivity index (χ1n) is 7.50. The highest BCUT2D eigenvalue weighted by atomic mass is 16.5. The molecular formula is C19H20O5. The number of rotatable bonds is 5. The molecule has 0 spiro atoms. The van der Waals surface area contributed by atoms with Crippen LogP contribution in [0.4, 0.5) is 0 Å². The molecule has 0 fully saturated rings. The van der Waals surface area contributed by atoms with Crippen molar-refractivity contribution in [3.8, 4) is 0 Å². The van der Waals surface area contributed by atoms with Gasteiger partial charge in [0.2, 0.25) is 0 Å². The van der Waals surface area contributed by atoms with E-state index in [9.17, 15) is 9.59 Å². The molecule has 1 aromatic carbocycles. The van der Waals surface area contributed by atoms with Gasteiger partial charge in [-0.2, -0.15) is 0 Å². The van der Waals surface area contributed by atoms with Crippen LogP contribution in [-0.4, -0.2) is 38.4 Å². The number of benzene rings is 1. The van der Waals surface area contributed by atoms with Crippen LogP contribution in [-0.2, 0) is 23.8 Å². The third-order valence-corrected chi connectivity index (χ3v) is 3.71. The molecule has 0 aliphatic carbocycles. The monoisotopic (exact) mass is 328 g/mol. The second-order valence-electron chi connectivity index (χ2n) is 5.16. The fraction of sp³-hybridized carbons (Fsp3) is 0.263. The molecule has 0 bridgehead atoms. The lowest BCUT2D eigenvalue weighted by Crippen LogP contribution is -2.31. The molecule has 126 valence electrons. The van der Waals surface area contributed by atoms with E-state index in [1.54, 1.807) is 18.2 Å². The summed E-state index contributed by atoms with van der Waals surface area (Å²) in [5.41, 5.74) is 0.0873. The van der Waals surface area contributed by atoms with E-state index < -0.39 is 17.5 Å². The summed E-state index contributed by atoms with van der Waals surface area (Å²) in [7, 11) is 2.53. The Balaban J connectivity index is 2.54. The van der Waals surface area contributed by atoms with Gasteiger partial charge in [0.05, 0.1) is 32.0 Å². The molecule has 0 saturated heterocycles. The van der Waals surface area contributed by atoms with Gasteiger partial charge in [0.15, 0.2) is 0 Å². The zero-order valence-electron chi connectivity index (χ0n) is 13.9. The molecule has 1 atom stereocenters. The molecular weight excluding hydrogens is 308 g/mol. The smallest absolute Gasteiger partial charge is 0.338 e. The number of esters is 2. The summed E-state index contributed by atoms with van der Waals surface area (Å²) in [6.07, 6.45) is 7.06. The lowest BCUT2D eigenvalue weighted by Gasteiger charge is -2.23. The van der Waals surface area contributed by atoms with E-state index in [0.717, 1.165) is 5.56 Å². The van der Waals surface area contributed by atoms with Crippen molar-refractivity contribution in [3.63, 3.8) is 0 Å². The number of hydrogen-bond acceptors (Lipinski definition) is 5. The van der Waals surface area contributed by atoms with E-state index >= 15 is 0 Å². The van der Waals surface area contributed by atoms with Gasteiger partial charge in [0, 0.05) is 0 Å². The van der Waals surface area contributed by atoms with Gasteiger partial charge in [-0.15, -0.1) is 0 Å². The van der Waals surface area contributed by atoms with Crippen LogP contribution in [0.15, 0.2) is 59.7 Å². The Labute approximate surface area is 141 Å². The highest BCUT2D eigenvalue weighted by Crippen LogP contribution is 2.36. The summed E-state index contributed by atoms with van der Waals surface area (Å²) in [6, 6.07) is 9.60. The molecule has 2 rings (SSSR count). The van der Waals surface area contributed by atoms with E-state index in [0.29, 0.717) is 0 Å². The molecule has 1 aromatic rings. The Kier molecular flexibility index (Phi) is 5.71. The normalized spacial score (nSPS) is 20.8. The molecule has 1 unspecified atom stereocenters. The summed E-state index contributed by atoms with van der Waals surface area (Å²) in [6.45, 7) is 1.78. The summed E-state index contributed by atoms with van der Waals surface area (Å²) in [5.74, 6) is -1.22. The Morgan fingerprint density at radius 2 is 1.75 bits per heavy atom. The predicted molar refractivity (Wildman–Crippen MR) is 90.0 cm³/mol. The molecule has 5 nitrogen and oxygen atoms in total. The maximum Gasteiger partial charge on any atom is 0.338 e. The van der Waals surface area contributed by atoms with Crippen molar-refractivity contribution < 1.29 is 23.8 Å². The molecule has 1 aliphatic heterocycles. The van der Waals surface area contributed by atoms with Crippen molar-refractivity contribution in [2.45, 2.75) is 12.5 Å². The zero-order chi connectivity index (χ0) is 17.6. The van der Waals surface area contributed by atoms with Crippen LogP contribution in [0.3, 0.4) is 0 Å². The van der Waals surface area contributed by atoms with Crippen LogP contribution in [0.25, 0.3) is 6.08 Å². The molecule has 0 N–H and O–H groups in total. The topological polar surface area (TPSA) is 61.8 Å². The van der Waals surface area contributed by atoms with Gasteiger partial charge in [0.1, 0.15) is 5.60 Å². The molecule has 1 aliphatic rings. The average Bonchev–Trinajstić information content (AvgIpc) is 2.99. The molecule has 5 heteroatoms. The minimum atomic E-state index is -1.17. The standard InChI is InChI=1S/C19H20O5/c1-4-11-19(12-10-14-8-6-5-7-9-14)16(18(21)23-3)15(13-24-19)17(20)22-2/h4-12H,13H2,1-3H3/b11-4+,12-10+. The Hall–Kier alpha value is -2.66. The van der Waals surface area contributed by atoms with E-state index in [-0.39, 0.29) is 17.8 Å². The number of allylic oxidation sites excluding steroid dienone is 1. The number of carbonyl (C=O) groups excluding carboxylic acids is 2. The zero-order valence-corrected chi connectivity index (χ0v) is 13.9. The van der Waals surface area contributed by atoms with Gasteiger partial charge < -0.3 is 14.2 Å². The van der Waals surface area contributed by atoms with Crippen LogP contribution >= 0.6 is 0 Å². The SMILES string of the molecule is C/C=C/C1(/C=C/c2ccccc2)OCC(C(=O)OC)=C1C(=O)OC. The number of ether oxygens (including phenoxy) is 3. The van der Waals surface area contributed by atoms with Crippen molar-refractivity contribution in [1.82, 2.24) is 0 Å². The first-order chi connectivity index (χ1) is 11.6. The third-order valence-electron chi connectivity index (χ3n) is 3.71. The van der Waals surface area contributed by atoms with Crippen LogP contribution in [0, 0.1) is 0 Å².